The molecule has 5 nitrogen and oxygen atoms in total. The Morgan fingerprint density at radius 2 is 2.15 bits per heavy atom. The van der Waals surface area contributed by atoms with E-state index in [0.717, 1.165) is 6.42 Å². The van der Waals surface area contributed by atoms with Crippen molar-refractivity contribution in [2.75, 3.05) is 6.54 Å². The second kappa shape index (κ2) is 9.24. The third-order valence-corrected chi connectivity index (χ3v) is 5.19. The summed E-state index contributed by atoms with van der Waals surface area (Å²) in [5.41, 5.74) is 0.360. The molecule has 0 radical (unpaired) electrons. The fourth-order valence-corrected chi connectivity index (χ4v) is 3.50. The molecule has 0 bridgehead atoms. The zero-order valence-electron chi connectivity index (χ0n) is 15.3. The lowest BCUT2D eigenvalue weighted by Crippen LogP contribution is -2.33. The molecule has 1 aromatic heterocycles. The fraction of sp³-hybridized carbons (Fsp3) is 0.421. The predicted octanol–water partition coefficient (Wildman–Crippen LogP) is 3.88. The number of nitrogens with one attached hydrogen (secondary N) is 1. The molecule has 1 unspecified atom stereocenters. The molecule has 2 aromatic rings. The van der Waals surface area contributed by atoms with Crippen molar-refractivity contribution in [2.24, 2.45) is 5.92 Å². The minimum absolute atomic E-state index is 0.0683. The van der Waals surface area contributed by atoms with E-state index < -0.39 is 0 Å². The molecule has 1 heterocycles. The summed E-state index contributed by atoms with van der Waals surface area (Å²) in [6.45, 7) is 10.7. The molecule has 0 aliphatic heterocycles. The molecule has 7 heteroatoms. The second-order valence-corrected chi connectivity index (χ2v) is 8.24. The van der Waals surface area contributed by atoms with E-state index in [4.69, 9.17) is 11.6 Å². The lowest BCUT2D eigenvalue weighted by atomic mass is 10.1. The van der Waals surface area contributed by atoms with Crippen molar-refractivity contribution < 1.29 is 4.79 Å². The Morgan fingerprint density at radius 1 is 1.42 bits per heavy atom. The van der Waals surface area contributed by atoms with Gasteiger partial charge in [0.25, 0.3) is 5.56 Å². The molecule has 0 aliphatic rings. The third kappa shape index (κ3) is 5.11. The maximum Gasteiger partial charge on any atom is 0.262 e. The Kier molecular flexibility index (Phi) is 7.29. The van der Waals surface area contributed by atoms with Gasteiger partial charge in [0.15, 0.2) is 5.16 Å². The van der Waals surface area contributed by atoms with Gasteiger partial charge in [-0.05, 0) is 37.5 Å². The minimum atomic E-state index is -0.373. The maximum atomic E-state index is 12.8. The first-order valence-corrected chi connectivity index (χ1v) is 9.84. The van der Waals surface area contributed by atoms with Gasteiger partial charge < -0.3 is 5.32 Å². The number of thioether (sulfide) groups is 1. The Morgan fingerprint density at radius 3 is 2.81 bits per heavy atom. The van der Waals surface area contributed by atoms with Crippen LogP contribution < -0.4 is 10.9 Å². The van der Waals surface area contributed by atoms with Gasteiger partial charge in [0.05, 0.1) is 16.2 Å². The highest BCUT2D eigenvalue weighted by Gasteiger charge is 2.19. The first-order chi connectivity index (χ1) is 12.3. The molecule has 1 amide bonds. The van der Waals surface area contributed by atoms with Crippen LogP contribution in [-0.4, -0.2) is 27.3 Å². The van der Waals surface area contributed by atoms with Crippen LogP contribution in [-0.2, 0) is 11.3 Å². The summed E-state index contributed by atoms with van der Waals surface area (Å²) in [6, 6.07) is 5.00. The van der Waals surface area contributed by atoms with Gasteiger partial charge in [-0.3, -0.25) is 14.2 Å². The fourth-order valence-electron chi connectivity index (χ4n) is 2.39. The Bertz CT molecular complexity index is 864. The van der Waals surface area contributed by atoms with Crippen molar-refractivity contribution >= 4 is 40.2 Å². The van der Waals surface area contributed by atoms with Crippen molar-refractivity contribution in [2.45, 2.75) is 44.1 Å². The molecule has 2 rings (SSSR count). The highest BCUT2D eigenvalue weighted by molar-refractivity contribution is 8.00. The van der Waals surface area contributed by atoms with Crippen LogP contribution in [0.1, 0.15) is 27.2 Å². The van der Waals surface area contributed by atoms with Gasteiger partial charge >= 0.3 is 0 Å². The van der Waals surface area contributed by atoms with Gasteiger partial charge in [-0.25, -0.2) is 4.98 Å². The number of rotatable bonds is 8. The van der Waals surface area contributed by atoms with Gasteiger partial charge in [0.1, 0.15) is 0 Å². The third-order valence-electron chi connectivity index (χ3n) is 3.87. The summed E-state index contributed by atoms with van der Waals surface area (Å²) in [4.78, 5) is 29.6. The van der Waals surface area contributed by atoms with Crippen molar-refractivity contribution in [3.63, 3.8) is 0 Å². The van der Waals surface area contributed by atoms with E-state index in [1.54, 1.807) is 24.3 Å². The van der Waals surface area contributed by atoms with Crippen LogP contribution in [0, 0.1) is 5.92 Å². The van der Waals surface area contributed by atoms with E-state index in [0.29, 0.717) is 40.1 Å². The van der Waals surface area contributed by atoms with Crippen molar-refractivity contribution in [1.82, 2.24) is 14.9 Å². The number of hydrogen-bond donors (Lipinski definition) is 1. The molecule has 0 fully saturated rings. The van der Waals surface area contributed by atoms with Crippen molar-refractivity contribution in [3.05, 3.63) is 46.2 Å². The smallest absolute Gasteiger partial charge is 0.262 e. The highest BCUT2D eigenvalue weighted by Crippen LogP contribution is 2.24. The lowest BCUT2D eigenvalue weighted by Gasteiger charge is -2.16. The molecule has 140 valence electrons. The number of allylic oxidation sites excluding steroid dienone is 1. The number of fused-ring (bicyclic) bond motifs is 1. The summed E-state index contributed by atoms with van der Waals surface area (Å²) >= 11 is 7.29. The van der Waals surface area contributed by atoms with Crippen LogP contribution in [0.4, 0.5) is 0 Å². The van der Waals surface area contributed by atoms with Gasteiger partial charge in [-0.1, -0.05) is 43.3 Å². The van der Waals surface area contributed by atoms with Crippen molar-refractivity contribution in [3.8, 4) is 0 Å². The number of nitrogens with zero attached hydrogens (tertiary/aromatic N) is 2. The number of carbonyl (C=O) groups excluding carboxylic acids is 1. The molecule has 1 N–H and O–H groups in total. The maximum absolute atomic E-state index is 12.8. The monoisotopic (exact) mass is 393 g/mol. The minimum Gasteiger partial charge on any atom is -0.355 e. The van der Waals surface area contributed by atoms with Crippen LogP contribution in [0.15, 0.2) is 40.8 Å². The summed E-state index contributed by atoms with van der Waals surface area (Å²) in [5, 5.41) is 4.05. The number of carbonyl (C=O) groups is 1. The topological polar surface area (TPSA) is 64.0 Å². The molecule has 1 aromatic carbocycles. The Balaban J connectivity index is 2.29. The van der Waals surface area contributed by atoms with E-state index in [1.807, 2.05) is 6.92 Å². The molecule has 0 saturated heterocycles. The van der Waals surface area contributed by atoms with Crippen LogP contribution in [0.5, 0.6) is 0 Å². The zero-order valence-corrected chi connectivity index (χ0v) is 16.9. The molecule has 1 atom stereocenters. The number of amides is 1. The standard InChI is InChI=1S/C19H24ClN3O2S/c1-5-10-23-18(25)15-7-6-14(20)11-16(15)22-19(23)26-13(4)17(24)21-9-8-12(2)3/h5-7,11-13H,1,8-10H2,2-4H3,(H,21,24). The normalized spacial score (nSPS) is 12.3. The average molecular weight is 394 g/mol. The molecule has 0 spiro atoms. The molecule has 0 saturated carbocycles. The van der Waals surface area contributed by atoms with Crippen LogP contribution in [0.3, 0.4) is 0 Å². The molecule has 26 heavy (non-hydrogen) atoms. The number of aromatic nitrogens is 2. The predicted molar refractivity (Wildman–Crippen MR) is 109 cm³/mol. The van der Waals surface area contributed by atoms with E-state index >= 15 is 0 Å². The van der Waals surface area contributed by atoms with E-state index in [9.17, 15) is 9.59 Å². The molecular formula is C19H24ClN3O2S. The lowest BCUT2D eigenvalue weighted by molar-refractivity contribution is -0.120. The summed E-state index contributed by atoms with van der Waals surface area (Å²) in [6.07, 6.45) is 2.57. The van der Waals surface area contributed by atoms with Gasteiger partial charge in [0.2, 0.25) is 5.91 Å². The van der Waals surface area contributed by atoms with Gasteiger partial charge in [-0.15, -0.1) is 6.58 Å². The van der Waals surface area contributed by atoms with Crippen LogP contribution in [0.2, 0.25) is 5.02 Å². The van der Waals surface area contributed by atoms with Gasteiger partial charge in [0, 0.05) is 18.1 Å². The quantitative estimate of drug-likeness (QED) is 0.420. The molecule has 0 aliphatic carbocycles. The van der Waals surface area contributed by atoms with Crippen molar-refractivity contribution in [1.29, 1.82) is 0 Å². The Hall–Kier alpha value is -1.79. The number of hydrogen-bond acceptors (Lipinski definition) is 4. The number of benzene rings is 1. The number of halogens is 1. The largest absolute Gasteiger partial charge is 0.355 e. The summed E-state index contributed by atoms with van der Waals surface area (Å²) in [5.74, 6) is 0.462. The van der Waals surface area contributed by atoms with E-state index in [1.165, 1.54) is 16.3 Å². The Labute approximate surface area is 162 Å². The van der Waals surface area contributed by atoms with Crippen LogP contribution in [0.25, 0.3) is 10.9 Å². The first kappa shape index (κ1) is 20.5. The van der Waals surface area contributed by atoms with E-state index in [2.05, 4.69) is 30.7 Å². The van der Waals surface area contributed by atoms with E-state index in [-0.39, 0.29) is 16.7 Å². The summed E-state index contributed by atoms with van der Waals surface area (Å²) in [7, 11) is 0. The second-order valence-electron chi connectivity index (χ2n) is 6.49. The van der Waals surface area contributed by atoms with Crippen LogP contribution >= 0.6 is 23.4 Å². The average Bonchev–Trinajstić information content (AvgIpc) is 2.57. The highest BCUT2D eigenvalue weighted by atomic mass is 35.5. The molecular weight excluding hydrogens is 370 g/mol. The van der Waals surface area contributed by atoms with Gasteiger partial charge in [-0.2, -0.15) is 0 Å². The first-order valence-electron chi connectivity index (χ1n) is 8.58. The summed E-state index contributed by atoms with van der Waals surface area (Å²) < 4.78 is 1.53. The zero-order chi connectivity index (χ0) is 19.3. The SMILES string of the molecule is C=CCn1c(SC(C)C(=O)NCCC(C)C)nc2cc(Cl)ccc2c1=O.